The Hall–Kier alpha value is -3.46. The van der Waals surface area contributed by atoms with Gasteiger partial charge in [-0.05, 0) is 25.2 Å². The first kappa shape index (κ1) is 31.5. The highest BCUT2D eigenvalue weighted by Gasteiger charge is 2.32. The molecule has 5 atom stereocenters. The molecule has 15 nitrogen and oxygen atoms in total. The number of carbonyl (C=O) groups is 5. The summed E-state index contributed by atoms with van der Waals surface area (Å²) in [5.74, 6) is -5.00. The average Bonchev–Trinajstić information content (AvgIpc) is 2.79. The van der Waals surface area contributed by atoms with Crippen molar-refractivity contribution >= 4 is 35.6 Å². The molecule has 0 aromatic carbocycles. The fourth-order valence-electron chi connectivity index (χ4n) is 2.88. The van der Waals surface area contributed by atoms with Crippen molar-refractivity contribution in [3.8, 4) is 0 Å². The van der Waals surface area contributed by atoms with Crippen molar-refractivity contribution in [3.63, 3.8) is 0 Å². The molecular formula is C20H38N8O7. The van der Waals surface area contributed by atoms with Crippen LogP contribution in [0.4, 0.5) is 0 Å². The van der Waals surface area contributed by atoms with E-state index < -0.39 is 66.3 Å². The molecule has 200 valence electrons. The first-order valence-electron chi connectivity index (χ1n) is 11.2. The normalized spacial score (nSPS) is 15.0. The van der Waals surface area contributed by atoms with Crippen LogP contribution in [0.2, 0.25) is 0 Å². The van der Waals surface area contributed by atoms with E-state index >= 15 is 0 Å². The van der Waals surface area contributed by atoms with Gasteiger partial charge in [0.2, 0.25) is 23.6 Å². The van der Waals surface area contributed by atoms with Crippen LogP contribution in [0, 0.1) is 5.92 Å². The largest absolute Gasteiger partial charge is 0.480 e. The summed E-state index contributed by atoms with van der Waals surface area (Å²) in [7, 11) is 0. The standard InChI is InChI=1S/C20H38N8O7/c1-3-10(2)15(18(33)26-12(19(34)35)6-7-14(22)30)28-17(32)13(9-29)27-16(31)11(21)5-4-8-25-20(23)24/h10-13,15,29H,3-9,21H2,1-2H3,(H2,22,30)(H,26,33)(H,27,31)(H,28,32)(H,34,35)(H4,23,24,25). The van der Waals surface area contributed by atoms with Gasteiger partial charge in [-0.25, -0.2) is 4.79 Å². The summed E-state index contributed by atoms with van der Waals surface area (Å²) in [6, 6.07) is -4.98. The maximum atomic E-state index is 12.8. The third-order valence-corrected chi connectivity index (χ3v) is 5.21. The molecule has 15 heteroatoms. The number of aliphatic hydroxyl groups is 1. The van der Waals surface area contributed by atoms with Gasteiger partial charge in [-0.1, -0.05) is 20.3 Å². The number of rotatable bonds is 17. The van der Waals surface area contributed by atoms with Crippen molar-refractivity contribution in [1.82, 2.24) is 16.0 Å². The lowest BCUT2D eigenvalue weighted by Crippen LogP contribution is -2.59. The first-order chi connectivity index (χ1) is 16.3. The molecule has 5 unspecified atom stereocenters. The van der Waals surface area contributed by atoms with E-state index in [2.05, 4.69) is 20.9 Å². The highest BCUT2D eigenvalue weighted by molar-refractivity contribution is 5.94. The van der Waals surface area contributed by atoms with Crippen molar-refractivity contribution < 1.29 is 34.2 Å². The Balaban J connectivity index is 5.21. The summed E-state index contributed by atoms with van der Waals surface area (Å²) in [5, 5.41) is 26.0. The number of nitrogens with two attached hydrogens (primary N) is 4. The molecule has 0 saturated heterocycles. The highest BCUT2D eigenvalue weighted by Crippen LogP contribution is 2.10. The molecule has 0 aliphatic rings. The molecule has 0 rings (SSSR count). The Kier molecular flexibility index (Phi) is 14.6. The number of hydrogen-bond donors (Lipinski definition) is 9. The predicted molar refractivity (Wildman–Crippen MR) is 126 cm³/mol. The van der Waals surface area contributed by atoms with Crippen LogP contribution >= 0.6 is 0 Å². The van der Waals surface area contributed by atoms with Gasteiger partial charge in [0, 0.05) is 13.0 Å². The van der Waals surface area contributed by atoms with E-state index in [-0.39, 0.29) is 31.8 Å². The summed E-state index contributed by atoms with van der Waals surface area (Å²) in [6.45, 7) is 2.90. The Labute approximate surface area is 203 Å². The van der Waals surface area contributed by atoms with Gasteiger partial charge in [0.15, 0.2) is 5.96 Å². The SMILES string of the molecule is CCC(C)C(NC(=O)C(CO)NC(=O)C(N)CCCN=C(N)N)C(=O)NC(CCC(N)=O)C(=O)O. The molecule has 0 aromatic heterocycles. The molecule has 0 saturated carbocycles. The lowest BCUT2D eigenvalue weighted by molar-refractivity contribution is -0.143. The summed E-state index contributed by atoms with van der Waals surface area (Å²) in [4.78, 5) is 64.0. The number of nitrogens with one attached hydrogen (secondary N) is 3. The number of aliphatic imine (C=N–C) groups is 1. The van der Waals surface area contributed by atoms with E-state index in [4.69, 9.17) is 22.9 Å². The van der Waals surface area contributed by atoms with Crippen LogP contribution in [-0.4, -0.2) is 83.1 Å². The van der Waals surface area contributed by atoms with Gasteiger partial charge in [-0.3, -0.25) is 24.2 Å². The number of aliphatic hydroxyl groups excluding tert-OH is 1. The summed E-state index contributed by atoms with van der Waals surface area (Å²) < 4.78 is 0. The molecule has 0 fully saturated rings. The van der Waals surface area contributed by atoms with Crippen LogP contribution in [0.3, 0.4) is 0 Å². The van der Waals surface area contributed by atoms with E-state index in [9.17, 15) is 34.2 Å². The minimum Gasteiger partial charge on any atom is -0.480 e. The second kappa shape index (κ2) is 16.2. The van der Waals surface area contributed by atoms with Crippen LogP contribution in [0.5, 0.6) is 0 Å². The highest BCUT2D eigenvalue weighted by atomic mass is 16.4. The number of hydrogen-bond acceptors (Lipinski definition) is 8. The molecule has 0 aliphatic heterocycles. The summed E-state index contributed by atoms with van der Waals surface area (Å²) in [6.07, 6.45) is 0.562. The van der Waals surface area contributed by atoms with Gasteiger partial charge >= 0.3 is 5.97 Å². The van der Waals surface area contributed by atoms with Gasteiger partial charge in [0.1, 0.15) is 18.1 Å². The zero-order valence-electron chi connectivity index (χ0n) is 20.0. The Bertz CT molecular complexity index is 773. The number of nitrogens with zero attached hydrogens (tertiary/aromatic N) is 1. The van der Waals surface area contributed by atoms with E-state index in [0.717, 1.165) is 0 Å². The molecule has 13 N–H and O–H groups in total. The number of carbonyl (C=O) groups excluding carboxylic acids is 4. The number of guanidine groups is 1. The third-order valence-electron chi connectivity index (χ3n) is 5.21. The maximum absolute atomic E-state index is 12.8. The lowest BCUT2D eigenvalue weighted by Gasteiger charge is -2.27. The molecular weight excluding hydrogens is 464 g/mol. The van der Waals surface area contributed by atoms with Gasteiger partial charge in [0.25, 0.3) is 0 Å². The molecule has 4 amide bonds. The summed E-state index contributed by atoms with van der Waals surface area (Å²) >= 11 is 0. The first-order valence-corrected chi connectivity index (χ1v) is 11.2. The van der Waals surface area contributed by atoms with Gasteiger partial charge in [0.05, 0.1) is 12.6 Å². The zero-order valence-corrected chi connectivity index (χ0v) is 20.0. The number of primary amides is 1. The van der Waals surface area contributed by atoms with E-state index in [1.807, 2.05) is 0 Å². The fourth-order valence-corrected chi connectivity index (χ4v) is 2.88. The van der Waals surface area contributed by atoms with Gasteiger partial charge < -0.3 is 49.1 Å². The number of carboxylic acid groups (broad SMARTS) is 1. The maximum Gasteiger partial charge on any atom is 0.326 e. The Morgan fingerprint density at radius 2 is 1.51 bits per heavy atom. The summed E-state index contributed by atoms with van der Waals surface area (Å²) in [5.41, 5.74) is 21.3. The third kappa shape index (κ3) is 12.5. The topological polar surface area (TPSA) is 278 Å². The quantitative estimate of drug-likeness (QED) is 0.0531. The van der Waals surface area contributed by atoms with E-state index in [0.29, 0.717) is 12.8 Å². The van der Waals surface area contributed by atoms with Crippen molar-refractivity contribution in [2.75, 3.05) is 13.2 Å². The molecule has 0 aromatic rings. The van der Waals surface area contributed by atoms with Crippen LogP contribution < -0.4 is 38.9 Å². The molecule has 35 heavy (non-hydrogen) atoms. The fraction of sp³-hybridized carbons (Fsp3) is 0.700. The predicted octanol–water partition coefficient (Wildman–Crippen LogP) is -3.79. The minimum atomic E-state index is -1.41. The number of carboxylic acids is 1. The van der Waals surface area contributed by atoms with Crippen LogP contribution in [0.1, 0.15) is 46.0 Å². The monoisotopic (exact) mass is 502 g/mol. The molecule has 0 radical (unpaired) electrons. The smallest absolute Gasteiger partial charge is 0.326 e. The van der Waals surface area contributed by atoms with E-state index in [1.165, 1.54) is 0 Å². The minimum absolute atomic E-state index is 0.0949. The second-order valence-electron chi connectivity index (χ2n) is 8.08. The number of amides is 4. The lowest BCUT2D eigenvalue weighted by atomic mass is 9.97. The number of aliphatic carboxylic acids is 1. The Morgan fingerprint density at radius 1 is 0.914 bits per heavy atom. The van der Waals surface area contributed by atoms with Gasteiger partial charge in [-0.2, -0.15) is 0 Å². The van der Waals surface area contributed by atoms with Gasteiger partial charge in [-0.15, -0.1) is 0 Å². The van der Waals surface area contributed by atoms with Crippen LogP contribution in [-0.2, 0) is 24.0 Å². The van der Waals surface area contributed by atoms with E-state index in [1.54, 1.807) is 13.8 Å². The molecule has 0 aliphatic carbocycles. The van der Waals surface area contributed by atoms with Crippen molar-refractivity contribution in [1.29, 1.82) is 0 Å². The molecule has 0 heterocycles. The van der Waals surface area contributed by atoms with Crippen LogP contribution in [0.15, 0.2) is 4.99 Å². The van der Waals surface area contributed by atoms with Crippen molar-refractivity contribution in [3.05, 3.63) is 0 Å². The molecule has 0 spiro atoms. The van der Waals surface area contributed by atoms with Crippen molar-refractivity contribution in [2.45, 2.75) is 70.1 Å². The average molecular weight is 503 g/mol. The Morgan fingerprint density at radius 3 is 2.00 bits per heavy atom. The van der Waals surface area contributed by atoms with Crippen molar-refractivity contribution in [2.24, 2.45) is 33.8 Å². The molecule has 0 bridgehead atoms. The second-order valence-corrected chi connectivity index (χ2v) is 8.08. The zero-order chi connectivity index (χ0) is 27.1. The van der Waals surface area contributed by atoms with Crippen LogP contribution in [0.25, 0.3) is 0 Å².